The number of hydrogen-bond acceptors (Lipinski definition) is 3. The zero-order valence-corrected chi connectivity index (χ0v) is 13.8. The van der Waals surface area contributed by atoms with Gasteiger partial charge in [0.1, 0.15) is 0 Å². The molecule has 0 saturated heterocycles. The third-order valence-electron chi connectivity index (χ3n) is 3.63. The average Bonchev–Trinajstić information content (AvgIpc) is 3.01. The number of hydrogen-bond donors (Lipinski definition) is 1. The Hall–Kier alpha value is -1.85. The van der Waals surface area contributed by atoms with Crippen LogP contribution in [0.25, 0.3) is 16.2 Å². The number of nitrogens with zero attached hydrogens (tertiary/aromatic N) is 2. The van der Waals surface area contributed by atoms with Crippen LogP contribution < -0.4 is 0 Å². The van der Waals surface area contributed by atoms with Gasteiger partial charge in [0.25, 0.3) is 0 Å². The summed E-state index contributed by atoms with van der Waals surface area (Å²) >= 11 is 7.56. The summed E-state index contributed by atoms with van der Waals surface area (Å²) in [5.41, 5.74) is 4.73. The van der Waals surface area contributed by atoms with E-state index in [1.54, 1.807) is 0 Å². The molecule has 0 aliphatic rings. The van der Waals surface area contributed by atoms with Crippen LogP contribution in [0.4, 0.5) is 0 Å². The lowest BCUT2D eigenvalue weighted by molar-refractivity contribution is -0.136. The quantitative estimate of drug-likeness (QED) is 0.777. The van der Waals surface area contributed by atoms with Gasteiger partial charge in [0.2, 0.25) is 0 Å². The van der Waals surface area contributed by atoms with E-state index in [1.165, 1.54) is 11.3 Å². The molecule has 0 bridgehead atoms. The largest absolute Gasteiger partial charge is 0.481 e. The van der Waals surface area contributed by atoms with Gasteiger partial charge in [-0.2, -0.15) is 0 Å². The highest BCUT2D eigenvalue weighted by molar-refractivity contribution is 7.15. The van der Waals surface area contributed by atoms with Gasteiger partial charge in [0.05, 0.1) is 17.8 Å². The maximum atomic E-state index is 11.0. The number of imidazole rings is 1. The smallest absolute Gasteiger partial charge is 0.309 e. The van der Waals surface area contributed by atoms with Crippen LogP contribution in [0.15, 0.2) is 23.6 Å². The Balaban J connectivity index is 2.19. The second-order valence-corrected chi connectivity index (χ2v) is 6.38. The number of thiazole rings is 1. The molecule has 3 rings (SSSR count). The van der Waals surface area contributed by atoms with Gasteiger partial charge in [0, 0.05) is 21.7 Å². The highest BCUT2D eigenvalue weighted by Crippen LogP contribution is 2.31. The molecule has 0 spiro atoms. The van der Waals surface area contributed by atoms with Crippen molar-refractivity contribution in [2.24, 2.45) is 0 Å². The zero-order chi connectivity index (χ0) is 15.9. The third kappa shape index (κ3) is 2.51. The first-order chi connectivity index (χ1) is 10.5. The van der Waals surface area contributed by atoms with Crippen molar-refractivity contribution in [3.8, 4) is 11.3 Å². The lowest BCUT2D eigenvalue weighted by atomic mass is 10.1. The van der Waals surface area contributed by atoms with Crippen molar-refractivity contribution in [2.75, 3.05) is 0 Å². The molecule has 0 radical (unpaired) electrons. The van der Waals surface area contributed by atoms with Gasteiger partial charge in [0.15, 0.2) is 4.96 Å². The third-order valence-corrected chi connectivity index (χ3v) is 4.93. The molecule has 1 N–H and O–H groups in total. The average molecular weight is 335 g/mol. The summed E-state index contributed by atoms with van der Waals surface area (Å²) in [6, 6.07) is 5.85. The molecule has 0 unspecified atom stereocenters. The number of aliphatic carboxylic acids is 1. The van der Waals surface area contributed by atoms with Crippen molar-refractivity contribution in [1.29, 1.82) is 0 Å². The highest BCUT2D eigenvalue weighted by Gasteiger charge is 2.18. The molecule has 114 valence electrons. The zero-order valence-electron chi connectivity index (χ0n) is 12.3. The molecular formula is C16H15ClN2O2S. The number of carboxylic acid groups (broad SMARTS) is 1. The SMILES string of the molecule is CCc1c(-c2ccc(Cl)c(C)c2)nc2scc(CC(=O)O)n12. The van der Waals surface area contributed by atoms with E-state index in [2.05, 4.69) is 6.92 Å². The molecule has 2 heterocycles. The van der Waals surface area contributed by atoms with Crippen LogP contribution in [-0.4, -0.2) is 20.5 Å². The molecule has 1 aromatic carbocycles. The summed E-state index contributed by atoms with van der Waals surface area (Å²) in [6.45, 7) is 4.02. The summed E-state index contributed by atoms with van der Waals surface area (Å²) in [7, 11) is 0. The van der Waals surface area contributed by atoms with Crippen molar-refractivity contribution in [2.45, 2.75) is 26.7 Å². The molecule has 0 atom stereocenters. The van der Waals surface area contributed by atoms with E-state index in [9.17, 15) is 4.79 Å². The maximum absolute atomic E-state index is 11.0. The first kappa shape index (κ1) is 15.1. The normalized spacial score (nSPS) is 11.2. The summed E-state index contributed by atoms with van der Waals surface area (Å²) in [5, 5.41) is 11.7. The first-order valence-corrected chi connectivity index (χ1v) is 8.23. The Kier molecular flexibility index (Phi) is 3.93. The Bertz CT molecular complexity index is 867. The van der Waals surface area contributed by atoms with E-state index in [0.29, 0.717) is 0 Å². The fourth-order valence-corrected chi connectivity index (χ4v) is 3.63. The summed E-state index contributed by atoms with van der Waals surface area (Å²) < 4.78 is 1.97. The molecule has 22 heavy (non-hydrogen) atoms. The number of carboxylic acids is 1. The minimum absolute atomic E-state index is 0.00243. The Morgan fingerprint density at radius 2 is 2.23 bits per heavy atom. The number of fused-ring (bicyclic) bond motifs is 1. The van der Waals surface area contributed by atoms with Gasteiger partial charge in [-0.3, -0.25) is 9.20 Å². The molecule has 0 aliphatic carbocycles. The van der Waals surface area contributed by atoms with Crippen LogP contribution >= 0.6 is 22.9 Å². The minimum atomic E-state index is -0.834. The Morgan fingerprint density at radius 3 is 2.86 bits per heavy atom. The van der Waals surface area contributed by atoms with Gasteiger partial charge in [-0.25, -0.2) is 4.98 Å². The molecule has 0 amide bonds. The standard InChI is InChI=1S/C16H15ClN2O2S/c1-3-13-15(10-4-5-12(17)9(2)6-10)18-16-19(13)11(8-22-16)7-14(20)21/h4-6,8H,3,7H2,1-2H3,(H,20,21). The molecule has 6 heteroatoms. The van der Waals surface area contributed by atoms with Crippen LogP contribution in [-0.2, 0) is 17.6 Å². The predicted octanol–water partition coefficient (Wildman–Crippen LogP) is 4.21. The minimum Gasteiger partial charge on any atom is -0.481 e. The van der Waals surface area contributed by atoms with Crippen molar-refractivity contribution in [3.05, 3.63) is 45.6 Å². The van der Waals surface area contributed by atoms with E-state index in [-0.39, 0.29) is 6.42 Å². The number of aromatic nitrogens is 2. The molecule has 0 saturated carbocycles. The van der Waals surface area contributed by atoms with E-state index >= 15 is 0 Å². The number of carbonyl (C=O) groups is 1. The van der Waals surface area contributed by atoms with Gasteiger partial charge in [-0.15, -0.1) is 11.3 Å². The highest BCUT2D eigenvalue weighted by atomic mass is 35.5. The van der Waals surface area contributed by atoms with Crippen LogP contribution in [0.1, 0.15) is 23.9 Å². The first-order valence-electron chi connectivity index (χ1n) is 6.97. The monoisotopic (exact) mass is 334 g/mol. The van der Waals surface area contributed by atoms with Gasteiger partial charge in [-0.1, -0.05) is 24.6 Å². The van der Waals surface area contributed by atoms with Crippen molar-refractivity contribution in [3.63, 3.8) is 0 Å². The lowest BCUT2D eigenvalue weighted by Crippen LogP contribution is -2.04. The maximum Gasteiger partial charge on any atom is 0.309 e. The van der Waals surface area contributed by atoms with Gasteiger partial charge < -0.3 is 5.11 Å². The Labute approximate surface area is 137 Å². The molecular weight excluding hydrogens is 320 g/mol. The lowest BCUT2D eigenvalue weighted by Gasteiger charge is -2.06. The van der Waals surface area contributed by atoms with E-state index in [1.807, 2.05) is 34.9 Å². The Morgan fingerprint density at radius 1 is 1.45 bits per heavy atom. The molecule has 4 nitrogen and oxygen atoms in total. The summed E-state index contributed by atoms with van der Waals surface area (Å²) in [5.74, 6) is -0.834. The second-order valence-electron chi connectivity index (χ2n) is 5.14. The van der Waals surface area contributed by atoms with Crippen LogP contribution in [0.2, 0.25) is 5.02 Å². The molecule has 0 fully saturated rings. The number of benzene rings is 1. The van der Waals surface area contributed by atoms with Crippen LogP contribution in [0.3, 0.4) is 0 Å². The number of rotatable bonds is 4. The fraction of sp³-hybridized carbons (Fsp3) is 0.250. The van der Waals surface area contributed by atoms with E-state index < -0.39 is 5.97 Å². The fourth-order valence-electron chi connectivity index (χ4n) is 2.60. The van der Waals surface area contributed by atoms with Crippen LogP contribution in [0, 0.1) is 6.92 Å². The van der Waals surface area contributed by atoms with Crippen LogP contribution in [0.5, 0.6) is 0 Å². The number of halogens is 1. The molecule has 0 aliphatic heterocycles. The second kappa shape index (κ2) is 5.74. The van der Waals surface area contributed by atoms with E-state index in [4.69, 9.17) is 21.7 Å². The molecule has 3 aromatic rings. The van der Waals surface area contributed by atoms with Gasteiger partial charge >= 0.3 is 5.97 Å². The summed E-state index contributed by atoms with van der Waals surface area (Å²) in [4.78, 5) is 16.6. The van der Waals surface area contributed by atoms with Crippen molar-refractivity contribution >= 4 is 33.9 Å². The topological polar surface area (TPSA) is 54.6 Å². The predicted molar refractivity (Wildman–Crippen MR) is 89.0 cm³/mol. The van der Waals surface area contributed by atoms with Crippen molar-refractivity contribution < 1.29 is 9.90 Å². The van der Waals surface area contributed by atoms with E-state index in [0.717, 1.165) is 44.6 Å². The van der Waals surface area contributed by atoms with Gasteiger partial charge in [-0.05, 0) is 31.0 Å². The summed E-state index contributed by atoms with van der Waals surface area (Å²) in [6.07, 6.45) is 0.782. The van der Waals surface area contributed by atoms with Crippen molar-refractivity contribution in [1.82, 2.24) is 9.38 Å². The molecule has 2 aromatic heterocycles. The number of aryl methyl sites for hydroxylation is 2.